The van der Waals surface area contributed by atoms with Crippen molar-refractivity contribution in [3.63, 3.8) is 0 Å². The second-order valence-electron chi connectivity index (χ2n) is 7.62. The zero-order valence-electron chi connectivity index (χ0n) is 17.0. The van der Waals surface area contributed by atoms with Gasteiger partial charge < -0.3 is 19.9 Å². The number of carbonyl (C=O) groups is 3. The van der Waals surface area contributed by atoms with Crippen molar-refractivity contribution in [2.75, 3.05) is 32.8 Å². The Hall–Kier alpha value is -2.64. The van der Waals surface area contributed by atoms with Crippen LogP contribution in [0.15, 0.2) is 24.4 Å². The molecule has 1 N–H and O–H groups in total. The number of ether oxygens (including phenoxy) is 1. The smallest absolute Gasteiger partial charge is 0.409 e. The Labute approximate surface area is 171 Å². The summed E-state index contributed by atoms with van der Waals surface area (Å²) in [5.74, 6) is -0.0674. The topological polar surface area (TPSA) is 91.8 Å². The third-order valence-electron chi connectivity index (χ3n) is 5.60. The number of nitrogens with zero attached hydrogens (tertiary/aromatic N) is 3. The molecule has 1 aromatic rings. The van der Waals surface area contributed by atoms with Gasteiger partial charge in [-0.1, -0.05) is 6.07 Å². The number of carbonyl (C=O) groups excluding carboxylic acids is 3. The van der Waals surface area contributed by atoms with Crippen LogP contribution in [0, 0.1) is 5.92 Å². The molecule has 0 bridgehead atoms. The average molecular weight is 402 g/mol. The van der Waals surface area contributed by atoms with Crippen molar-refractivity contribution < 1.29 is 19.1 Å². The van der Waals surface area contributed by atoms with Gasteiger partial charge in [0.25, 0.3) is 0 Å². The number of pyridine rings is 1. The van der Waals surface area contributed by atoms with Gasteiger partial charge in [0.2, 0.25) is 11.8 Å². The summed E-state index contributed by atoms with van der Waals surface area (Å²) in [5.41, 5.74) is 0.945. The first-order valence-corrected chi connectivity index (χ1v) is 10.5. The monoisotopic (exact) mass is 402 g/mol. The van der Waals surface area contributed by atoms with Gasteiger partial charge in [-0.15, -0.1) is 0 Å². The highest BCUT2D eigenvalue weighted by Gasteiger charge is 2.32. The quantitative estimate of drug-likeness (QED) is 0.780. The molecule has 3 heterocycles. The molecular formula is C21H30N4O4. The number of likely N-dealkylation sites (tertiary alicyclic amines) is 2. The molecule has 0 radical (unpaired) electrons. The minimum absolute atomic E-state index is 0.00919. The molecule has 1 atom stereocenters. The first-order chi connectivity index (χ1) is 14.1. The largest absolute Gasteiger partial charge is 0.450 e. The van der Waals surface area contributed by atoms with Crippen LogP contribution in [0.2, 0.25) is 0 Å². The van der Waals surface area contributed by atoms with E-state index >= 15 is 0 Å². The number of piperidine rings is 2. The van der Waals surface area contributed by atoms with E-state index in [-0.39, 0.29) is 29.9 Å². The molecule has 0 spiro atoms. The van der Waals surface area contributed by atoms with E-state index in [1.807, 2.05) is 18.2 Å². The Morgan fingerprint density at radius 2 is 2.03 bits per heavy atom. The molecule has 0 aliphatic carbocycles. The zero-order valence-corrected chi connectivity index (χ0v) is 17.0. The molecule has 8 nitrogen and oxygen atoms in total. The molecule has 2 saturated heterocycles. The predicted octanol–water partition coefficient (Wildman–Crippen LogP) is 1.60. The van der Waals surface area contributed by atoms with Crippen molar-refractivity contribution in [1.29, 1.82) is 0 Å². The van der Waals surface area contributed by atoms with E-state index in [1.165, 1.54) is 0 Å². The Kier molecular flexibility index (Phi) is 7.43. The van der Waals surface area contributed by atoms with E-state index in [4.69, 9.17) is 4.74 Å². The van der Waals surface area contributed by atoms with Gasteiger partial charge in [-0.25, -0.2) is 4.79 Å². The fraction of sp³-hybridized carbons (Fsp3) is 0.619. The summed E-state index contributed by atoms with van der Waals surface area (Å²) in [6, 6.07) is 5.81. The maximum absolute atomic E-state index is 12.7. The molecule has 158 valence electrons. The minimum atomic E-state index is -0.286. The molecule has 0 saturated carbocycles. The molecule has 0 unspecified atom stereocenters. The van der Waals surface area contributed by atoms with Crippen molar-refractivity contribution in [1.82, 2.24) is 20.1 Å². The molecule has 2 aliphatic rings. The lowest BCUT2D eigenvalue weighted by Crippen LogP contribution is -2.51. The maximum atomic E-state index is 12.7. The maximum Gasteiger partial charge on any atom is 0.409 e. The second kappa shape index (κ2) is 10.2. The lowest BCUT2D eigenvalue weighted by Gasteiger charge is -2.35. The zero-order chi connectivity index (χ0) is 20.6. The summed E-state index contributed by atoms with van der Waals surface area (Å²) in [4.78, 5) is 44.5. The standard InChI is InChI=1S/C21H30N4O4/c1-2-29-21(28)24-12-9-18(10-13-24)23-20(27)16-6-7-19(26)25(15-16)14-8-17-5-3-4-11-22-17/h3-5,11,16,18H,2,6-10,12-15H2,1H3,(H,23,27)/t16-/m0/s1. The Balaban J connectivity index is 1.44. The number of hydrogen-bond donors (Lipinski definition) is 1. The van der Waals surface area contributed by atoms with Gasteiger partial charge in [-0.2, -0.15) is 0 Å². The summed E-state index contributed by atoms with van der Waals surface area (Å²) in [6.07, 6.45) is 4.59. The number of rotatable bonds is 6. The van der Waals surface area contributed by atoms with Gasteiger partial charge in [0.15, 0.2) is 0 Å². The van der Waals surface area contributed by atoms with Crippen LogP contribution in [-0.2, 0) is 20.7 Å². The van der Waals surface area contributed by atoms with E-state index in [9.17, 15) is 14.4 Å². The molecule has 1 aromatic heterocycles. The number of amides is 3. The Bertz CT molecular complexity index is 704. The average Bonchev–Trinajstić information content (AvgIpc) is 2.74. The van der Waals surface area contributed by atoms with Crippen molar-refractivity contribution >= 4 is 17.9 Å². The van der Waals surface area contributed by atoms with Crippen LogP contribution in [0.1, 0.15) is 38.3 Å². The summed E-state index contributed by atoms with van der Waals surface area (Å²) in [6.45, 7) is 4.37. The molecule has 2 aliphatic heterocycles. The Morgan fingerprint density at radius 3 is 2.72 bits per heavy atom. The van der Waals surface area contributed by atoms with Crippen LogP contribution in [0.25, 0.3) is 0 Å². The fourth-order valence-corrected chi connectivity index (χ4v) is 3.88. The summed E-state index contributed by atoms with van der Waals surface area (Å²) >= 11 is 0. The number of aromatic nitrogens is 1. The van der Waals surface area contributed by atoms with Crippen molar-refractivity contribution in [3.8, 4) is 0 Å². The van der Waals surface area contributed by atoms with E-state index in [1.54, 1.807) is 22.9 Å². The summed E-state index contributed by atoms with van der Waals surface area (Å²) < 4.78 is 5.03. The van der Waals surface area contributed by atoms with Crippen LogP contribution >= 0.6 is 0 Å². The van der Waals surface area contributed by atoms with Crippen LogP contribution < -0.4 is 5.32 Å². The van der Waals surface area contributed by atoms with Crippen LogP contribution in [0.3, 0.4) is 0 Å². The lowest BCUT2D eigenvalue weighted by molar-refractivity contribution is -0.138. The molecular weight excluding hydrogens is 372 g/mol. The molecule has 3 rings (SSSR count). The normalized spacial score (nSPS) is 20.4. The highest BCUT2D eigenvalue weighted by molar-refractivity contribution is 5.84. The lowest BCUT2D eigenvalue weighted by atomic mass is 9.95. The number of nitrogens with one attached hydrogen (secondary N) is 1. The van der Waals surface area contributed by atoms with Gasteiger partial charge in [0, 0.05) is 57.0 Å². The van der Waals surface area contributed by atoms with E-state index in [0.29, 0.717) is 52.0 Å². The van der Waals surface area contributed by atoms with Crippen molar-refractivity contribution in [3.05, 3.63) is 30.1 Å². The minimum Gasteiger partial charge on any atom is -0.450 e. The first-order valence-electron chi connectivity index (χ1n) is 10.5. The number of hydrogen-bond acceptors (Lipinski definition) is 5. The SMILES string of the molecule is CCOC(=O)N1CCC(NC(=O)[C@H]2CCC(=O)N(CCc3ccccn3)C2)CC1. The first kappa shape index (κ1) is 21.1. The molecule has 0 aromatic carbocycles. The second-order valence-corrected chi connectivity index (χ2v) is 7.62. The van der Waals surface area contributed by atoms with Crippen molar-refractivity contribution in [2.45, 2.75) is 45.1 Å². The van der Waals surface area contributed by atoms with Gasteiger partial charge in [-0.3, -0.25) is 14.6 Å². The van der Waals surface area contributed by atoms with Gasteiger partial charge in [-0.05, 0) is 38.3 Å². The van der Waals surface area contributed by atoms with E-state index < -0.39 is 0 Å². The van der Waals surface area contributed by atoms with E-state index in [0.717, 1.165) is 18.5 Å². The highest BCUT2D eigenvalue weighted by atomic mass is 16.6. The van der Waals surface area contributed by atoms with Gasteiger partial charge in [0.05, 0.1) is 12.5 Å². The molecule has 8 heteroatoms. The summed E-state index contributed by atoms with van der Waals surface area (Å²) in [5, 5.41) is 3.12. The van der Waals surface area contributed by atoms with Crippen LogP contribution in [-0.4, -0.2) is 71.5 Å². The highest BCUT2D eigenvalue weighted by Crippen LogP contribution is 2.20. The molecule has 2 fully saturated rings. The molecule has 3 amide bonds. The van der Waals surface area contributed by atoms with Gasteiger partial charge >= 0.3 is 6.09 Å². The molecule has 29 heavy (non-hydrogen) atoms. The predicted molar refractivity (Wildman–Crippen MR) is 107 cm³/mol. The van der Waals surface area contributed by atoms with Crippen LogP contribution in [0.4, 0.5) is 4.79 Å². The third-order valence-corrected chi connectivity index (χ3v) is 5.60. The van der Waals surface area contributed by atoms with Crippen LogP contribution in [0.5, 0.6) is 0 Å². The van der Waals surface area contributed by atoms with E-state index in [2.05, 4.69) is 10.3 Å². The van der Waals surface area contributed by atoms with Gasteiger partial charge in [0.1, 0.15) is 0 Å². The summed E-state index contributed by atoms with van der Waals surface area (Å²) in [7, 11) is 0. The third kappa shape index (κ3) is 5.92. The fourth-order valence-electron chi connectivity index (χ4n) is 3.88. The van der Waals surface area contributed by atoms with Crippen molar-refractivity contribution in [2.24, 2.45) is 5.92 Å². The Morgan fingerprint density at radius 1 is 1.24 bits per heavy atom.